The number of hydrogen-bond donors (Lipinski definition) is 1. The molecule has 7 nitrogen and oxygen atoms in total. The molecule has 2 aromatic heterocycles. The van der Waals surface area contributed by atoms with Gasteiger partial charge in [0.15, 0.2) is 11.0 Å². The van der Waals surface area contributed by atoms with E-state index < -0.39 is 0 Å². The number of carbonyl (C=O) groups excluding carboxylic acids is 1. The van der Waals surface area contributed by atoms with Gasteiger partial charge < -0.3 is 5.32 Å². The number of nitrogens with zero attached hydrogens (tertiary/aromatic N) is 5. The van der Waals surface area contributed by atoms with E-state index in [-0.39, 0.29) is 11.7 Å². The highest BCUT2D eigenvalue weighted by Gasteiger charge is 2.16. The third-order valence-corrected chi connectivity index (χ3v) is 5.11. The summed E-state index contributed by atoms with van der Waals surface area (Å²) in [5.74, 6) is 0.570. The summed E-state index contributed by atoms with van der Waals surface area (Å²) in [7, 11) is 0. The van der Waals surface area contributed by atoms with Crippen LogP contribution in [0.1, 0.15) is 11.1 Å². The summed E-state index contributed by atoms with van der Waals surface area (Å²) in [6.45, 7) is 8.14. The number of amides is 1. The number of allylic oxidation sites excluding steroid dienone is 1. The molecule has 2 heterocycles. The van der Waals surface area contributed by atoms with Crippen molar-refractivity contribution in [2.45, 2.75) is 25.5 Å². The predicted molar refractivity (Wildman–Crippen MR) is 112 cm³/mol. The van der Waals surface area contributed by atoms with Crippen LogP contribution >= 0.6 is 23.4 Å². The van der Waals surface area contributed by atoms with Gasteiger partial charge in [-0.25, -0.2) is 4.98 Å². The lowest BCUT2D eigenvalue weighted by molar-refractivity contribution is -0.113. The Bertz CT molecular complexity index is 982. The summed E-state index contributed by atoms with van der Waals surface area (Å²) in [4.78, 5) is 20.8. The van der Waals surface area contributed by atoms with Crippen LogP contribution in [-0.2, 0) is 11.3 Å². The Kier molecular flexibility index (Phi) is 6.43. The van der Waals surface area contributed by atoms with Crippen molar-refractivity contribution in [3.05, 3.63) is 59.5 Å². The Morgan fingerprint density at radius 2 is 2.14 bits per heavy atom. The van der Waals surface area contributed by atoms with E-state index in [9.17, 15) is 4.79 Å². The van der Waals surface area contributed by atoms with Crippen LogP contribution in [0.4, 0.5) is 5.69 Å². The number of aryl methyl sites for hydroxylation is 2. The molecule has 0 fully saturated rings. The van der Waals surface area contributed by atoms with Crippen LogP contribution in [0.15, 0.2) is 48.5 Å². The Labute approximate surface area is 172 Å². The zero-order valence-electron chi connectivity index (χ0n) is 15.5. The molecular weight excluding hydrogens is 396 g/mol. The quantitative estimate of drug-likeness (QED) is 0.465. The summed E-state index contributed by atoms with van der Waals surface area (Å²) < 4.78 is 1.85. The van der Waals surface area contributed by atoms with Crippen molar-refractivity contribution in [1.82, 2.24) is 24.7 Å². The van der Waals surface area contributed by atoms with Crippen LogP contribution in [0.25, 0.3) is 11.5 Å². The molecule has 0 spiro atoms. The number of halogens is 1. The molecule has 0 radical (unpaired) electrons. The topological polar surface area (TPSA) is 85.6 Å². The number of anilines is 1. The van der Waals surface area contributed by atoms with Crippen LogP contribution in [0, 0.1) is 13.8 Å². The molecule has 0 unspecified atom stereocenters. The summed E-state index contributed by atoms with van der Waals surface area (Å²) in [5.41, 5.74) is 3.20. The number of thioether (sulfide) groups is 1. The van der Waals surface area contributed by atoms with Crippen molar-refractivity contribution in [2.24, 2.45) is 0 Å². The second kappa shape index (κ2) is 8.99. The molecule has 0 saturated heterocycles. The van der Waals surface area contributed by atoms with Gasteiger partial charge in [0.2, 0.25) is 5.91 Å². The van der Waals surface area contributed by atoms with Crippen molar-refractivity contribution >= 4 is 35.0 Å². The molecule has 1 amide bonds. The number of benzene rings is 1. The number of carbonyl (C=O) groups is 1. The number of hydrogen-bond acceptors (Lipinski definition) is 6. The van der Waals surface area contributed by atoms with Crippen molar-refractivity contribution in [3.8, 4) is 11.5 Å². The molecule has 3 aromatic rings. The molecule has 0 aliphatic heterocycles. The molecule has 0 bridgehead atoms. The summed E-state index contributed by atoms with van der Waals surface area (Å²) >= 11 is 7.54. The number of rotatable bonds is 7. The van der Waals surface area contributed by atoms with Gasteiger partial charge in [-0.2, -0.15) is 0 Å². The first-order valence-corrected chi connectivity index (χ1v) is 9.86. The van der Waals surface area contributed by atoms with E-state index in [1.165, 1.54) is 11.8 Å². The largest absolute Gasteiger partial charge is 0.324 e. The van der Waals surface area contributed by atoms with E-state index in [1.54, 1.807) is 24.7 Å². The molecular formula is C19H19ClN6OS. The maximum atomic E-state index is 12.4. The van der Waals surface area contributed by atoms with Gasteiger partial charge >= 0.3 is 0 Å². The SMILES string of the molecule is C=CCn1c(SCC(=O)Nc2c(C)cc(C)cc2Cl)nnc1-c1cnccn1. The highest BCUT2D eigenvalue weighted by atomic mass is 35.5. The first-order valence-electron chi connectivity index (χ1n) is 8.49. The van der Waals surface area contributed by atoms with E-state index in [0.717, 1.165) is 11.1 Å². The monoisotopic (exact) mass is 414 g/mol. The van der Waals surface area contributed by atoms with Gasteiger partial charge in [0, 0.05) is 18.9 Å². The van der Waals surface area contributed by atoms with Crippen LogP contribution in [-0.4, -0.2) is 36.4 Å². The fourth-order valence-corrected chi connectivity index (χ4v) is 3.79. The standard InChI is InChI=1S/C19H19ClN6OS/c1-4-7-26-18(15-10-21-5-6-22-15)24-25-19(26)28-11-16(27)23-17-13(3)8-12(2)9-14(17)20/h4-6,8-10H,1,7,11H2,2-3H3,(H,23,27). The smallest absolute Gasteiger partial charge is 0.234 e. The lowest BCUT2D eigenvalue weighted by Gasteiger charge is -2.11. The fraction of sp³-hybridized carbons (Fsp3) is 0.211. The van der Waals surface area contributed by atoms with Gasteiger partial charge in [-0.05, 0) is 31.0 Å². The minimum Gasteiger partial charge on any atom is -0.324 e. The van der Waals surface area contributed by atoms with E-state index in [4.69, 9.17) is 11.6 Å². The zero-order chi connectivity index (χ0) is 20.1. The molecule has 144 valence electrons. The van der Waals surface area contributed by atoms with E-state index >= 15 is 0 Å². The van der Waals surface area contributed by atoms with Crippen molar-refractivity contribution in [3.63, 3.8) is 0 Å². The van der Waals surface area contributed by atoms with Gasteiger partial charge in [0.1, 0.15) is 5.69 Å². The molecule has 1 aromatic carbocycles. The fourth-order valence-electron chi connectivity index (χ4n) is 2.67. The molecule has 0 aliphatic rings. The minimum atomic E-state index is -0.173. The van der Waals surface area contributed by atoms with E-state index in [2.05, 4.69) is 32.1 Å². The molecule has 1 N–H and O–H groups in total. The highest BCUT2D eigenvalue weighted by Crippen LogP contribution is 2.28. The average molecular weight is 415 g/mol. The Morgan fingerprint density at radius 3 is 2.82 bits per heavy atom. The van der Waals surface area contributed by atoms with Gasteiger partial charge in [-0.1, -0.05) is 35.5 Å². The van der Waals surface area contributed by atoms with Crippen molar-refractivity contribution in [1.29, 1.82) is 0 Å². The van der Waals surface area contributed by atoms with E-state index in [1.807, 2.05) is 30.5 Å². The third kappa shape index (κ3) is 4.58. The summed E-state index contributed by atoms with van der Waals surface area (Å²) in [5, 5.41) is 12.4. The van der Waals surface area contributed by atoms with Crippen LogP contribution in [0.3, 0.4) is 0 Å². The van der Waals surface area contributed by atoms with E-state index in [0.29, 0.717) is 33.9 Å². The third-order valence-electron chi connectivity index (χ3n) is 3.85. The Hall–Kier alpha value is -2.71. The average Bonchev–Trinajstić information content (AvgIpc) is 3.07. The molecule has 3 rings (SSSR count). The summed E-state index contributed by atoms with van der Waals surface area (Å²) in [6.07, 6.45) is 6.54. The van der Waals surface area contributed by atoms with Crippen LogP contribution < -0.4 is 5.32 Å². The molecule has 0 saturated carbocycles. The van der Waals surface area contributed by atoms with Crippen molar-refractivity contribution < 1.29 is 4.79 Å². The minimum absolute atomic E-state index is 0.166. The lowest BCUT2D eigenvalue weighted by Crippen LogP contribution is -2.16. The zero-order valence-corrected chi connectivity index (χ0v) is 17.1. The van der Waals surface area contributed by atoms with Gasteiger partial charge in [-0.3, -0.25) is 14.3 Å². The van der Waals surface area contributed by atoms with Gasteiger partial charge in [-0.15, -0.1) is 16.8 Å². The maximum absolute atomic E-state index is 12.4. The number of nitrogens with one attached hydrogen (secondary N) is 1. The van der Waals surface area contributed by atoms with Crippen LogP contribution in [0.2, 0.25) is 5.02 Å². The lowest BCUT2D eigenvalue weighted by atomic mass is 10.1. The molecule has 0 atom stereocenters. The number of aromatic nitrogens is 5. The molecule has 9 heteroatoms. The second-order valence-corrected chi connectivity index (χ2v) is 7.42. The predicted octanol–water partition coefficient (Wildman–Crippen LogP) is 3.92. The Balaban J connectivity index is 1.73. The van der Waals surface area contributed by atoms with Crippen LogP contribution in [0.5, 0.6) is 0 Å². The first kappa shape index (κ1) is 20.0. The summed E-state index contributed by atoms with van der Waals surface area (Å²) in [6, 6.07) is 3.80. The second-order valence-electron chi connectivity index (χ2n) is 6.07. The van der Waals surface area contributed by atoms with Gasteiger partial charge in [0.25, 0.3) is 0 Å². The Morgan fingerprint density at radius 1 is 1.32 bits per heavy atom. The molecule has 28 heavy (non-hydrogen) atoms. The first-order chi connectivity index (χ1) is 13.5. The normalized spacial score (nSPS) is 10.7. The highest BCUT2D eigenvalue weighted by molar-refractivity contribution is 7.99. The van der Waals surface area contributed by atoms with Gasteiger partial charge in [0.05, 0.1) is 22.7 Å². The van der Waals surface area contributed by atoms with Crippen molar-refractivity contribution in [2.75, 3.05) is 11.1 Å². The maximum Gasteiger partial charge on any atom is 0.234 e. The molecule has 0 aliphatic carbocycles.